The molecule has 0 radical (unpaired) electrons. The van der Waals surface area contributed by atoms with Crippen molar-refractivity contribution in [3.05, 3.63) is 66.5 Å². The van der Waals surface area contributed by atoms with Gasteiger partial charge in [0.25, 0.3) is 5.91 Å². The normalized spacial score (nSPS) is 15.9. The number of nitrogens with zero attached hydrogens (tertiary/aromatic N) is 5. The first kappa shape index (κ1) is 27.3. The fraction of sp³-hybridized carbons (Fsp3) is 0.323. The third-order valence-electron chi connectivity index (χ3n) is 8.19. The third-order valence-corrected chi connectivity index (χ3v) is 8.19. The summed E-state index contributed by atoms with van der Waals surface area (Å²) in [5, 5.41) is 14.1. The van der Waals surface area contributed by atoms with Gasteiger partial charge in [-0.2, -0.15) is 4.98 Å². The van der Waals surface area contributed by atoms with Crippen molar-refractivity contribution < 1.29 is 19.5 Å². The minimum Gasteiger partial charge on any atom is -0.508 e. The Morgan fingerprint density at radius 3 is 2.36 bits per heavy atom. The second-order valence-corrected chi connectivity index (χ2v) is 11.3. The number of nitrogens with one attached hydrogen (secondary N) is 1. The summed E-state index contributed by atoms with van der Waals surface area (Å²) in [6, 6.07) is 15.4. The highest BCUT2D eigenvalue weighted by atomic mass is 16.3. The molecule has 0 aliphatic heterocycles. The van der Waals surface area contributed by atoms with Crippen LogP contribution in [0.25, 0.3) is 11.0 Å². The van der Waals surface area contributed by atoms with Gasteiger partial charge in [0.15, 0.2) is 0 Å². The second-order valence-electron chi connectivity index (χ2n) is 11.3. The zero-order valence-electron chi connectivity index (χ0n) is 23.6. The van der Waals surface area contributed by atoms with Crippen molar-refractivity contribution >= 4 is 51.8 Å². The van der Waals surface area contributed by atoms with E-state index in [-0.39, 0.29) is 17.7 Å². The second kappa shape index (κ2) is 10.5. The summed E-state index contributed by atoms with van der Waals surface area (Å²) in [5.41, 5.74) is 7.31. The monoisotopic (exact) mass is 567 g/mol. The Morgan fingerprint density at radius 2 is 1.74 bits per heavy atom. The van der Waals surface area contributed by atoms with Gasteiger partial charge in [-0.05, 0) is 68.1 Å². The summed E-state index contributed by atoms with van der Waals surface area (Å²) in [7, 11) is 3.49. The molecule has 42 heavy (non-hydrogen) atoms. The predicted molar refractivity (Wildman–Crippen MR) is 159 cm³/mol. The molecular formula is C31H33N7O4. The number of rotatable bonds is 8. The van der Waals surface area contributed by atoms with Gasteiger partial charge >= 0.3 is 0 Å². The Balaban J connectivity index is 1.31. The van der Waals surface area contributed by atoms with Gasteiger partial charge in [-0.25, -0.2) is 4.98 Å². The zero-order chi connectivity index (χ0) is 29.6. The van der Waals surface area contributed by atoms with E-state index in [1.54, 1.807) is 61.6 Å². The van der Waals surface area contributed by atoms with Crippen LogP contribution in [0.4, 0.5) is 23.0 Å². The van der Waals surface area contributed by atoms with Crippen LogP contribution in [0.5, 0.6) is 5.75 Å². The van der Waals surface area contributed by atoms with E-state index in [2.05, 4.69) is 14.9 Å². The lowest BCUT2D eigenvalue weighted by Gasteiger charge is -2.26. The van der Waals surface area contributed by atoms with Crippen molar-refractivity contribution in [2.24, 2.45) is 11.1 Å². The Hall–Kier alpha value is -4.93. The van der Waals surface area contributed by atoms with Crippen molar-refractivity contribution in [3.8, 4) is 5.75 Å². The highest BCUT2D eigenvalue weighted by Crippen LogP contribution is 2.49. The van der Waals surface area contributed by atoms with Crippen molar-refractivity contribution in [1.82, 2.24) is 19.4 Å². The number of anilines is 4. The molecule has 0 spiro atoms. The predicted octanol–water partition coefficient (Wildman–Crippen LogP) is 4.63. The molecule has 0 atom stereocenters. The summed E-state index contributed by atoms with van der Waals surface area (Å²) >= 11 is 0. The molecule has 0 saturated heterocycles. The highest BCUT2D eigenvalue weighted by Gasteiger charge is 2.57. The van der Waals surface area contributed by atoms with Gasteiger partial charge < -0.3 is 25.6 Å². The lowest BCUT2D eigenvalue weighted by atomic mass is 10.0. The molecule has 0 bridgehead atoms. The first-order valence-electron chi connectivity index (χ1n) is 14.1. The lowest BCUT2D eigenvalue weighted by molar-refractivity contribution is -0.133. The average Bonchev–Trinajstić information content (AvgIpc) is 3.46. The number of phenolic OH excluding ortho intramolecular Hbond substituents is 1. The number of aromatic hydroxyl groups is 1. The van der Waals surface area contributed by atoms with Crippen molar-refractivity contribution in [2.75, 3.05) is 24.3 Å². The number of benzene rings is 2. The number of carbonyl (C=O) groups excluding carboxylic acids is 3. The summed E-state index contributed by atoms with van der Waals surface area (Å²) in [4.78, 5) is 51.0. The summed E-state index contributed by atoms with van der Waals surface area (Å²) in [6.45, 7) is 0. The largest absolute Gasteiger partial charge is 0.508 e. The third kappa shape index (κ3) is 4.80. The van der Waals surface area contributed by atoms with Gasteiger partial charge in [-0.1, -0.05) is 18.9 Å². The molecule has 11 heteroatoms. The number of carbonyl (C=O) groups is 3. The summed E-state index contributed by atoms with van der Waals surface area (Å²) in [6.07, 6.45) is 6.73. The summed E-state index contributed by atoms with van der Waals surface area (Å²) in [5.74, 6) is -0.770. The number of primary amides is 1. The van der Waals surface area contributed by atoms with E-state index in [0.717, 1.165) is 31.1 Å². The van der Waals surface area contributed by atoms with Crippen molar-refractivity contribution in [1.29, 1.82) is 0 Å². The van der Waals surface area contributed by atoms with Crippen molar-refractivity contribution in [2.45, 2.75) is 44.6 Å². The van der Waals surface area contributed by atoms with Crippen LogP contribution >= 0.6 is 0 Å². The van der Waals surface area contributed by atoms with Crippen LogP contribution in [0.15, 0.2) is 60.8 Å². The molecule has 2 aromatic heterocycles. The number of phenols is 1. The van der Waals surface area contributed by atoms with E-state index in [9.17, 15) is 19.5 Å². The van der Waals surface area contributed by atoms with E-state index in [0.29, 0.717) is 47.2 Å². The standard InChI is InChI=1S/C31H33N7O4/c1-36(2)27(40)25-16-19-18-33-30(35-26(19)38(25)21-6-3-4-7-21)34-20-10-12-22(13-11-20)37(23-8-5-9-24(39)17-23)29(42)31(14-15-31)28(32)41/h5,8-13,16-18,21,39H,3-4,6-7,14-15H2,1-2H3,(H2,32,41)(H,33,34,35). The van der Waals surface area contributed by atoms with Gasteiger partial charge in [-0.3, -0.25) is 19.3 Å². The SMILES string of the molecule is CN(C)C(=O)c1cc2cnc(Nc3ccc(N(C(=O)C4(C(N)=O)CC4)c4cccc(O)c4)cc3)nc2n1C1CCCC1. The molecule has 4 N–H and O–H groups in total. The maximum atomic E-state index is 13.6. The molecule has 0 unspecified atom stereocenters. The van der Waals surface area contributed by atoms with Gasteiger partial charge in [0.05, 0.1) is 5.69 Å². The smallest absolute Gasteiger partial charge is 0.270 e. The average molecular weight is 568 g/mol. The van der Waals surface area contributed by atoms with E-state index in [1.807, 2.05) is 6.07 Å². The fourth-order valence-electron chi connectivity index (χ4n) is 5.74. The fourth-order valence-corrected chi connectivity index (χ4v) is 5.74. The number of nitrogens with two attached hydrogens (primary N) is 1. The minimum atomic E-state index is -1.24. The Kier molecular flexibility index (Phi) is 6.80. The number of amides is 3. The Morgan fingerprint density at radius 1 is 1.02 bits per heavy atom. The molecule has 216 valence electrons. The zero-order valence-corrected chi connectivity index (χ0v) is 23.6. The van der Waals surface area contributed by atoms with Crippen LogP contribution in [-0.2, 0) is 9.59 Å². The first-order chi connectivity index (χ1) is 20.2. The van der Waals surface area contributed by atoms with E-state index in [1.165, 1.54) is 17.0 Å². The summed E-state index contributed by atoms with van der Waals surface area (Å²) < 4.78 is 2.06. The number of hydrogen-bond donors (Lipinski definition) is 3. The number of fused-ring (bicyclic) bond motifs is 1. The van der Waals surface area contributed by atoms with Crippen molar-refractivity contribution in [3.63, 3.8) is 0 Å². The maximum absolute atomic E-state index is 13.6. The molecule has 6 rings (SSSR count). The van der Waals surface area contributed by atoms with E-state index < -0.39 is 17.2 Å². The molecule has 2 saturated carbocycles. The van der Waals surface area contributed by atoms with E-state index >= 15 is 0 Å². The van der Waals surface area contributed by atoms with Gasteiger partial charge in [-0.15, -0.1) is 0 Å². The molecule has 11 nitrogen and oxygen atoms in total. The van der Waals surface area contributed by atoms with Crippen LogP contribution in [0.3, 0.4) is 0 Å². The molecule has 2 aromatic carbocycles. The molecule has 2 fully saturated rings. The van der Waals surface area contributed by atoms with E-state index in [4.69, 9.17) is 10.7 Å². The molecule has 2 aliphatic rings. The molecule has 2 heterocycles. The quantitative estimate of drug-likeness (QED) is 0.263. The maximum Gasteiger partial charge on any atom is 0.270 e. The molecule has 2 aliphatic carbocycles. The minimum absolute atomic E-state index is 0.00200. The van der Waals surface area contributed by atoms with Crippen LogP contribution < -0.4 is 16.0 Å². The van der Waals surface area contributed by atoms with Crippen LogP contribution in [0, 0.1) is 5.41 Å². The van der Waals surface area contributed by atoms with Gasteiger partial charge in [0.2, 0.25) is 17.8 Å². The molecular weight excluding hydrogens is 534 g/mol. The topological polar surface area (TPSA) is 147 Å². The lowest BCUT2D eigenvalue weighted by Crippen LogP contribution is -2.41. The Bertz CT molecular complexity index is 1690. The first-order valence-corrected chi connectivity index (χ1v) is 14.1. The number of aromatic nitrogens is 3. The van der Waals surface area contributed by atoms with Crippen LogP contribution in [0.1, 0.15) is 55.1 Å². The highest BCUT2D eigenvalue weighted by molar-refractivity contribution is 6.16. The van der Waals surface area contributed by atoms with Crippen LogP contribution in [0.2, 0.25) is 0 Å². The van der Waals surface area contributed by atoms with Gasteiger partial charge in [0.1, 0.15) is 22.5 Å². The number of hydrogen-bond acceptors (Lipinski definition) is 7. The van der Waals surface area contributed by atoms with Crippen LogP contribution in [-0.4, -0.2) is 56.4 Å². The molecule has 4 aromatic rings. The van der Waals surface area contributed by atoms with Gasteiger partial charge in [0, 0.05) is 49.2 Å². The molecule has 3 amide bonds. The Labute approximate surface area is 243 Å².